The number of nitrogens with zero attached hydrogens (tertiary/aromatic N) is 6. The molecule has 3 amide bonds. The molecule has 0 spiro atoms. The summed E-state index contributed by atoms with van der Waals surface area (Å²) in [5, 5.41) is 13.3. The van der Waals surface area contributed by atoms with E-state index in [-0.39, 0.29) is 30.1 Å². The molecule has 0 radical (unpaired) electrons. The second-order valence-electron chi connectivity index (χ2n) is 9.37. The van der Waals surface area contributed by atoms with Gasteiger partial charge in [0.15, 0.2) is 0 Å². The summed E-state index contributed by atoms with van der Waals surface area (Å²) in [6, 6.07) is 11.2. The fraction of sp³-hybridized carbons (Fsp3) is 0.400. The van der Waals surface area contributed by atoms with Crippen molar-refractivity contribution in [1.29, 1.82) is 0 Å². The quantitative estimate of drug-likeness (QED) is 0.483. The van der Waals surface area contributed by atoms with Gasteiger partial charge in [-0.1, -0.05) is 0 Å². The number of urea groups is 1. The Labute approximate surface area is 210 Å². The Morgan fingerprint density at radius 1 is 1.00 bits per heavy atom. The van der Waals surface area contributed by atoms with Crippen molar-refractivity contribution in [2.45, 2.75) is 52.7 Å². The Bertz CT molecular complexity index is 1200. The van der Waals surface area contributed by atoms with Gasteiger partial charge in [0, 0.05) is 61.8 Å². The van der Waals surface area contributed by atoms with E-state index in [4.69, 9.17) is 0 Å². The van der Waals surface area contributed by atoms with E-state index in [1.165, 1.54) is 0 Å². The maximum absolute atomic E-state index is 12.0. The lowest BCUT2D eigenvalue weighted by atomic mass is 10.1. The number of aromatic nitrogens is 4. The fourth-order valence-electron chi connectivity index (χ4n) is 4.49. The van der Waals surface area contributed by atoms with Gasteiger partial charge in [0.1, 0.15) is 12.1 Å². The van der Waals surface area contributed by atoms with Gasteiger partial charge >= 0.3 is 6.03 Å². The summed E-state index contributed by atoms with van der Waals surface area (Å²) in [5.74, 6) is 1.38. The zero-order chi connectivity index (χ0) is 25.8. The number of benzene rings is 1. The minimum Gasteiger partial charge on any atom is -0.352 e. The van der Waals surface area contributed by atoms with E-state index in [9.17, 15) is 9.59 Å². The third-order valence-electron chi connectivity index (χ3n) is 5.91. The lowest BCUT2D eigenvalue weighted by Crippen LogP contribution is -2.58. The van der Waals surface area contributed by atoms with Crippen molar-refractivity contribution in [2.24, 2.45) is 0 Å². The number of hydrogen-bond acceptors (Lipinski definition) is 7. The Balaban J connectivity index is 1.41. The van der Waals surface area contributed by atoms with Gasteiger partial charge in [-0.25, -0.2) is 14.5 Å². The first-order chi connectivity index (χ1) is 17.2. The molecule has 1 aliphatic rings. The summed E-state index contributed by atoms with van der Waals surface area (Å²) in [6.07, 6.45) is 3.40. The summed E-state index contributed by atoms with van der Waals surface area (Å²) in [5.41, 5.74) is 2.32. The summed E-state index contributed by atoms with van der Waals surface area (Å²) in [4.78, 5) is 36.9. The smallest absolute Gasteiger partial charge is 0.319 e. The molecule has 2 aromatic heterocycles. The second-order valence-corrected chi connectivity index (χ2v) is 9.37. The van der Waals surface area contributed by atoms with Gasteiger partial charge in [-0.15, -0.1) is 5.10 Å². The fourth-order valence-corrected chi connectivity index (χ4v) is 4.49. The number of anilines is 4. The first-order valence-corrected chi connectivity index (χ1v) is 12.1. The molecule has 3 heterocycles. The molecule has 11 nitrogen and oxygen atoms in total. The molecule has 190 valence electrons. The first kappa shape index (κ1) is 25.0. The maximum Gasteiger partial charge on any atom is 0.319 e. The normalized spacial score (nSPS) is 17.7. The van der Waals surface area contributed by atoms with Gasteiger partial charge in [0.2, 0.25) is 11.9 Å². The van der Waals surface area contributed by atoms with Gasteiger partial charge < -0.3 is 25.8 Å². The Kier molecular flexibility index (Phi) is 7.37. The molecule has 36 heavy (non-hydrogen) atoms. The zero-order valence-corrected chi connectivity index (χ0v) is 21.3. The number of rotatable bonds is 6. The molecule has 0 aliphatic carbocycles. The van der Waals surface area contributed by atoms with Crippen molar-refractivity contribution in [3.8, 4) is 5.69 Å². The first-order valence-electron chi connectivity index (χ1n) is 12.1. The largest absolute Gasteiger partial charge is 0.352 e. The third kappa shape index (κ3) is 5.91. The van der Waals surface area contributed by atoms with Gasteiger partial charge in [0.05, 0.1) is 5.69 Å². The van der Waals surface area contributed by atoms with Crippen LogP contribution < -0.4 is 20.9 Å². The maximum atomic E-state index is 12.0. The van der Waals surface area contributed by atoms with Crippen molar-refractivity contribution in [2.75, 3.05) is 28.6 Å². The van der Waals surface area contributed by atoms with Crippen molar-refractivity contribution < 1.29 is 9.59 Å². The number of pyridine rings is 1. The van der Waals surface area contributed by atoms with Crippen LogP contribution in [-0.4, -0.2) is 67.8 Å². The molecule has 3 aromatic rings. The highest BCUT2D eigenvalue weighted by atomic mass is 16.2. The van der Waals surface area contributed by atoms with Crippen LogP contribution in [0.15, 0.2) is 48.9 Å². The molecule has 1 saturated heterocycles. The van der Waals surface area contributed by atoms with Gasteiger partial charge in [-0.2, -0.15) is 4.98 Å². The molecule has 3 N–H and O–H groups in total. The third-order valence-corrected chi connectivity index (χ3v) is 5.91. The predicted molar refractivity (Wildman–Crippen MR) is 140 cm³/mol. The Morgan fingerprint density at radius 3 is 2.31 bits per heavy atom. The average molecular weight is 492 g/mol. The van der Waals surface area contributed by atoms with E-state index in [1.54, 1.807) is 24.1 Å². The number of carbonyl (C=O) groups excluding carboxylic acids is 2. The Hall–Kier alpha value is -4.15. The highest BCUT2D eigenvalue weighted by Crippen LogP contribution is 2.23. The molecule has 1 aliphatic heterocycles. The van der Waals surface area contributed by atoms with E-state index in [0.29, 0.717) is 24.7 Å². The zero-order valence-electron chi connectivity index (χ0n) is 21.3. The molecule has 2 atom stereocenters. The SMILES string of the molecule is CC(=O)N1[C@H](C)CN(c2cc(-n3cnc(Nc4ccc(NC(=O)NC(C)C)cc4)n3)ccn2)C[C@@H]1C. The van der Waals surface area contributed by atoms with Crippen molar-refractivity contribution in [3.63, 3.8) is 0 Å². The van der Waals surface area contributed by atoms with Crippen molar-refractivity contribution >= 4 is 35.1 Å². The lowest BCUT2D eigenvalue weighted by Gasteiger charge is -2.44. The minimum absolute atomic E-state index is 0.0627. The number of hydrogen-bond donors (Lipinski definition) is 3. The molecule has 1 fully saturated rings. The summed E-state index contributed by atoms with van der Waals surface area (Å²) in [6.45, 7) is 11.0. The average Bonchev–Trinajstić information content (AvgIpc) is 3.28. The van der Waals surface area contributed by atoms with Crippen LogP contribution in [0.2, 0.25) is 0 Å². The van der Waals surface area contributed by atoms with Crippen LogP contribution in [0.25, 0.3) is 5.69 Å². The Morgan fingerprint density at radius 2 is 1.67 bits per heavy atom. The van der Waals surface area contributed by atoms with E-state index < -0.39 is 0 Å². The van der Waals surface area contributed by atoms with Crippen LogP contribution in [0, 0.1) is 0 Å². The predicted octanol–water partition coefficient (Wildman–Crippen LogP) is 3.38. The molecule has 4 rings (SSSR count). The van der Waals surface area contributed by atoms with E-state index in [1.807, 2.05) is 55.1 Å². The summed E-state index contributed by atoms with van der Waals surface area (Å²) in [7, 11) is 0. The van der Waals surface area contributed by atoms with Crippen LogP contribution in [0.3, 0.4) is 0 Å². The molecular weight excluding hydrogens is 458 g/mol. The molecule has 1 aromatic carbocycles. The van der Waals surface area contributed by atoms with Crippen LogP contribution >= 0.6 is 0 Å². The van der Waals surface area contributed by atoms with Crippen LogP contribution in [0.4, 0.5) is 27.9 Å². The van der Waals surface area contributed by atoms with Gasteiger partial charge in [-0.05, 0) is 58.0 Å². The van der Waals surface area contributed by atoms with Crippen LogP contribution in [0.1, 0.15) is 34.6 Å². The van der Waals surface area contributed by atoms with Crippen molar-refractivity contribution in [1.82, 2.24) is 30.0 Å². The van der Waals surface area contributed by atoms with E-state index >= 15 is 0 Å². The minimum atomic E-state index is -0.243. The topological polar surface area (TPSA) is 120 Å². The highest BCUT2D eigenvalue weighted by molar-refractivity contribution is 5.89. The summed E-state index contributed by atoms with van der Waals surface area (Å²) < 4.78 is 1.69. The molecule has 0 bridgehead atoms. The summed E-state index contributed by atoms with van der Waals surface area (Å²) >= 11 is 0. The second kappa shape index (κ2) is 10.6. The number of nitrogens with one attached hydrogen (secondary N) is 3. The number of piperazine rings is 1. The van der Waals surface area contributed by atoms with Crippen LogP contribution in [0.5, 0.6) is 0 Å². The highest BCUT2D eigenvalue weighted by Gasteiger charge is 2.31. The van der Waals surface area contributed by atoms with Crippen molar-refractivity contribution in [3.05, 3.63) is 48.9 Å². The molecule has 0 unspecified atom stereocenters. The van der Waals surface area contributed by atoms with E-state index in [2.05, 4.69) is 49.8 Å². The number of amides is 3. The standard InChI is InChI=1S/C25H33N9O2/c1-16(2)28-25(36)30-21-8-6-20(7-9-21)29-24-27-15-33(31-24)22-10-11-26-23(12-22)32-13-17(3)34(19(5)35)18(4)14-32/h6-12,15-18H,13-14H2,1-5H3,(H,29,31)(H2,28,30,36)/t17-,18+. The monoisotopic (exact) mass is 491 g/mol. The molecule has 0 saturated carbocycles. The van der Waals surface area contributed by atoms with Gasteiger partial charge in [0.25, 0.3) is 0 Å². The van der Waals surface area contributed by atoms with E-state index in [0.717, 1.165) is 17.2 Å². The lowest BCUT2D eigenvalue weighted by molar-refractivity contribution is -0.133. The van der Waals surface area contributed by atoms with Gasteiger partial charge in [-0.3, -0.25) is 4.79 Å². The molecule has 11 heteroatoms. The van der Waals surface area contributed by atoms with Crippen LogP contribution in [-0.2, 0) is 4.79 Å². The molecular formula is C25H33N9O2. The number of carbonyl (C=O) groups is 2.